The average Bonchev–Trinajstić information content (AvgIpc) is 2.21. The number of rotatable bonds is 9. The van der Waals surface area contributed by atoms with Gasteiger partial charge in [-0.05, 0) is 26.8 Å². The Hall–Kier alpha value is 0.270. The molecule has 0 spiro atoms. The highest BCUT2D eigenvalue weighted by Gasteiger charge is 2.10. The maximum atomic E-state index is 5.65. The molecule has 0 aromatic carbocycles. The first-order valence-electron chi connectivity index (χ1n) is 6.06. The predicted octanol–water partition coefficient (Wildman–Crippen LogP) is 2.92. The number of hydrogen-bond donors (Lipinski definition) is 1. The first-order chi connectivity index (χ1) is 7.10. The van der Waals surface area contributed by atoms with E-state index in [0.29, 0.717) is 12.1 Å². The number of hydrogen-bond acceptors (Lipinski definition) is 3. The summed E-state index contributed by atoms with van der Waals surface area (Å²) >= 11 is 2.03. The minimum Gasteiger partial charge on any atom is -0.377 e. The van der Waals surface area contributed by atoms with Crippen LogP contribution in [0, 0.1) is 0 Å². The third-order valence-corrected chi connectivity index (χ3v) is 3.78. The van der Waals surface area contributed by atoms with E-state index in [1.54, 1.807) is 0 Å². The third kappa shape index (κ3) is 9.21. The van der Waals surface area contributed by atoms with Gasteiger partial charge >= 0.3 is 0 Å². The number of nitrogens with one attached hydrogen (secondary N) is 1. The molecule has 2 atom stereocenters. The summed E-state index contributed by atoms with van der Waals surface area (Å²) in [4.78, 5) is 0. The quantitative estimate of drug-likeness (QED) is 0.661. The zero-order valence-corrected chi connectivity index (χ0v) is 11.7. The summed E-state index contributed by atoms with van der Waals surface area (Å²) in [5, 5.41) is 4.23. The van der Waals surface area contributed by atoms with E-state index in [1.807, 2.05) is 11.8 Å². The molecule has 0 saturated heterocycles. The second kappa shape index (κ2) is 9.49. The van der Waals surface area contributed by atoms with E-state index in [0.717, 1.165) is 24.2 Å². The van der Waals surface area contributed by atoms with Crippen LogP contribution >= 0.6 is 11.8 Å². The maximum absolute atomic E-state index is 5.65. The molecule has 0 fully saturated rings. The molecule has 1 N–H and O–H groups in total. The Morgan fingerprint density at radius 3 is 2.33 bits per heavy atom. The summed E-state index contributed by atoms with van der Waals surface area (Å²) in [6.45, 7) is 12.7. The largest absolute Gasteiger partial charge is 0.377 e. The zero-order chi connectivity index (χ0) is 11.7. The van der Waals surface area contributed by atoms with Crippen LogP contribution in [-0.2, 0) is 4.74 Å². The molecule has 0 aliphatic rings. The van der Waals surface area contributed by atoms with Gasteiger partial charge in [-0.3, -0.25) is 0 Å². The van der Waals surface area contributed by atoms with Crippen LogP contribution in [0.3, 0.4) is 0 Å². The van der Waals surface area contributed by atoms with Gasteiger partial charge in [-0.1, -0.05) is 20.8 Å². The van der Waals surface area contributed by atoms with Crippen molar-refractivity contribution >= 4 is 11.8 Å². The molecule has 0 aromatic heterocycles. The molecule has 3 heteroatoms. The predicted molar refractivity (Wildman–Crippen MR) is 70.8 cm³/mol. The van der Waals surface area contributed by atoms with E-state index in [1.165, 1.54) is 6.42 Å². The van der Waals surface area contributed by atoms with Gasteiger partial charge in [-0.15, -0.1) is 0 Å². The summed E-state index contributed by atoms with van der Waals surface area (Å²) in [6, 6.07) is 0.497. The highest BCUT2D eigenvalue weighted by atomic mass is 32.2. The molecule has 0 radical (unpaired) electrons. The van der Waals surface area contributed by atoms with E-state index in [-0.39, 0.29) is 0 Å². The van der Waals surface area contributed by atoms with Gasteiger partial charge in [0.05, 0.1) is 12.7 Å². The normalized spacial score (nSPS) is 15.6. The van der Waals surface area contributed by atoms with Gasteiger partial charge in [0.2, 0.25) is 0 Å². The molecule has 0 saturated carbocycles. The van der Waals surface area contributed by atoms with Crippen molar-refractivity contribution in [3.63, 3.8) is 0 Å². The molecule has 0 amide bonds. The van der Waals surface area contributed by atoms with Crippen molar-refractivity contribution in [2.24, 2.45) is 0 Å². The maximum Gasteiger partial charge on any atom is 0.0631 e. The van der Waals surface area contributed by atoms with Gasteiger partial charge in [0.25, 0.3) is 0 Å². The SMILES string of the molecule is CCNC(COC(C)C)CSC(C)CC. The van der Waals surface area contributed by atoms with Crippen LogP contribution in [0.1, 0.15) is 41.0 Å². The lowest BCUT2D eigenvalue weighted by Crippen LogP contribution is -2.36. The average molecular weight is 233 g/mol. The van der Waals surface area contributed by atoms with Crippen molar-refractivity contribution in [2.75, 3.05) is 18.9 Å². The second-order valence-corrected chi connectivity index (χ2v) is 5.66. The first-order valence-corrected chi connectivity index (χ1v) is 7.11. The summed E-state index contributed by atoms with van der Waals surface area (Å²) in [5.74, 6) is 1.15. The van der Waals surface area contributed by atoms with Crippen LogP contribution in [0.15, 0.2) is 0 Å². The Bertz CT molecular complexity index is 142. The summed E-state index contributed by atoms with van der Waals surface area (Å²) < 4.78 is 5.65. The molecule has 0 rings (SSSR count). The highest BCUT2D eigenvalue weighted by Crippen LogP contribution is 2.14. The molecular weight excluding hydrogens is 206 g/mol. The smallest absolute Gasteiger partial charge is 0.0631 e. The van der Waals surface area contributed by atoms with Crippen LogP contribution < -0.4 is 5.32 Å². The lowest BCUT2D eigenvalue weighted by Gasteiger charge is -2.20. The first kappa shape index (κ1) is 15.3. The Labute approximate surface area is 99.5 Å². The van der Waals surface area contributed by atoms with Crippen molar-refractivity contribution in [3.05, 3.63) is 0 Å². The Morgan fingerprint density at radius 2 is 1.87 bits per heavy atom. The number of likely N-dealkylation sites (N-methyl/N-ethyl adjacent to an activating group) is 1. The fraction of sp³-hybridized carbons (Fsp3) is 1.00. The third-order valence-electron chi connectivity index (χ3n) is 2.28. The van der Waals surface area contributed by atoms with Crippen molar-refractivity contribution in [2.45, 2.75) is 58.4 Å². The highest BCUT2D eigenvalue weighted by molar-refractivity contribution is 7.99. The molecule has 92 valence electrons. The van der Waals surface area contributed by atoms with Crippen LogP contribution in [0.2, 0.25) is 0 Å². The second-order valence-electron chi connectivity index (χ2n) is 4.19. The summed E-state index contributed by atoms with van der Waals surface area (Å²) in [6.07, 6.45) is 1.58. The van der Waals surface area contributed by atoms with Gasteiger partial charge in [0.15, 0.2) is 0 Å². The van der Waals surface area contributed by atoms with Gasteiger partial charge in [0.1, 0.15) is 0 Å². The van der Waals surface area contributed by atoms with Gasteiger partial charge < -0.3 is 10.1 Å². The Morgan fingerprint density at radius 1 is 1.20 bits per heavy atom. The minimum absolute atomic E-state index is 0.333. The summed E-state index contributed by atoms with van der Waals surface area (Å²) in [7, 11) is 0. The number of thioether (sulfide) groups is 1. The van der Waals surface area contributed by atoms with Crippen LogP contribution in [0.5, 0.6) is 0 Å². The van der Waals surface area contributed by atoms with E-state index in [2.05, 4.69) is 39.9 Å². The van der Waals surface area contributed by atoms with E-state index in [9.17, 15) is 0 Å². The van der Waals surface area contributed by atoms with Crippen LogP contribution in [-0.4, -0.2) is 36.3 Å². The van der Waals surface area contributed by atoms with Crippen molar-refractivity contribution in [3.8, 4) is 0 Å². The van der Waals surface area contributed by atoms with E-state index >= 15 is 0 Å². The van der Waals surface area contributed by atoms with Crippen molar-refractivity contribution < 1.29 is 4.74 Å². The van der Waals surface area contributed by atoms with Crippen LogP contribution in [0.25, 0.3) is 0 Å². The Balaban J connectivity index is 3.72. The van der Waals surface area contributed by atoms with E-state index in [4.69, 9.17) is 4.74 Å². The lowest BCUT2D eigenvalue weighted by atomic mass is 10.3. The van der Waals surface area contributed by atoms with Gasteiger partial charge in [-0.2, -0.15) is 11.8 Å². The molecule has 0 heterocycles. The lowest BCUT2D eigenvalue weighted by molar-refractivity contribution is 0.0658. The standard InChI is InChI=1S/C12H27NOS/c1-6-11(5)15-9-12(13-7-2)8-14-10(3)4/h10-13H,6-9H2,1-5H3. The van der Waals surface area contributed by atoms with Crippen LogP contribution in [0.4, 0.5) is 0 Å². The monoisotopic (exact) mass is 233 g/mol. The molecular formula is C12H27NOS. The van der Waals surface area contributed by atoms with Gasteiger partial charge in [-0.25, -0.2) is 0 Å². The van der Waals surface area contributed by atoms with Crippen molar-refractivity contribution in [1.82, 2.24) is 5.32 Å². The molecule has 15 heavy (non-hydrogen) atoms. The molecule has 0 aliphatic carbocycles. The van der Waals surface area contributed by atoms with Gasteiger partial charge in [0, 0.05) is 17.0 Å². The fourth-order valence-corrected chi connectivity index (χ4v) is 2.17. The molecule has 0 aliphatic heterocycles. The zero-order valence-electron chi connectivity index (χ0n) is 10.9. The molecule has 2 nitrogen and oxygen atoms in total. The molecule has 0 bridgehead atoms. The topological polar surface area (TPSA) is 21.3 Å². The number of ether oxygens (including phenoxy) is 1. The summed E-state index contributed by atoms with van der Waals surface area (Å²) in [5.41, 5.74) is 0. The Kier molecular flexibility index (Phi) is 9.66. The molecule has 2 unspecified atom stereocenters. The molecule has 0 aromatic rings. The minimum atomic E-state index is 0.333. The fourth-order valence-electron chi connectivity index (χ4n) is 1.16. The van der Waals surface area contributed by atoms with Crippen molar-refractivity contribution in [1.29, 1.82) is 0 Å². The van der Waals surface area contributed by atoms with E-state index < -0.39 is 0 Å².